The topological polar surface area (TPSA) is 25.2 Å². The van der Waals surface area contributed by atoms with Gasteiger partial charge in [-0.2, -0.15) is 13.2 Å². The highest BCUT2D eigenvalue weighted by atomic mass is 19.4. The van der Waals surface area contributed by atoms with Crippen LogP contribution in [0.25, 0.3) is 0 Å². The summed E-state index contributed by atoms with van der Waals surface area (Å²) in [6.45, 7) is 0.320. The number of nitrogens with zero attached hydrogens (tertiary/aromatic N) is 2. The monoisotopic (exact) mass is 200 g/mol. The number of hydrogen-bond acceptors (Lipinski definition) is 2. The van der Waals surface area contributed by atoms with Crippen LogP contribution in [0.5, 0.6) is 0 Å². The van der Waals surface area contributed by atoms with Gasteiger partial charge in [-0.25, -0.2) is 0 Å². The fourth-order valence-corrected chi connectivity index (χ4v) is 1.47. The standard InChI is InChI=1S/C9H7F3N2/c10-9(11,12)8-7-2-3-13-5-6(7)1-4-14-8/h1,3-4H,2,5H2. The summed E-state index contributed by atoms with van der Waals surface area (Å²) in [7, 11) is 0. The number of rotatable bonds is 0. The van der Waals surface area contributed by atoms with E-state index in [1.165, 1.54) is 12.4 Å². The first-order valence-electron chi connectivity index (χ1n) is 4.11. The van der Waals surface area contributed by atoms with Gasteiger partial charge in [0.1, 0.15) is 5.69 Å². The molecular weight excluding hydrogens is 193 g/mol. The number of aliphatic imine (C=N–C) groups is 1. The summed E-state index contributed by atoms with van der Waals surface area (Å²) in [5.74, 6) is 0. The highest BCUT2D eigenvalue weighted by Crippen LogP contribution is 2.32. The normalized spacial score (nSPS) is 15.4. The molecule has 0 N–H and O–H groups in total. The summed E-state index contributed by atoms with van der Waals surface area (Å²) < 4.78 is 37.4. The van der Waals surface area contributed by atoms with Crippen LogP contribution < -0.4 is 0 Å². The second kappa shape index (κ2) is 3.08. The lowest BCUT2D eigenvalue weighted by atomic mass is 10.0. The van der Waals surface area contributed by atoms with Crippen LogP contribution in [-0.2, 0) is 19.1 Å². The minimum atomic E-state index is -4.36. The van der Waals surface area contributed by atoms with Gasteiger partial charge in [0.05, 0.1) is 6.54 Å². The summed E-state index contributed by atoms with van der Waals surface area (Å²) in [6.07, 6.45) is -1.46. The average molecular weight is 200 g/mol. The van der Waals surface area contributed by atoms with Crippen LogP contribution in [0.4, 0.5) is 13.2 Å². The first kappa shape index (κ1) is 9.18. The molecule has 0 unspecified atom stereocenters. The number of aromatic nitrogens is 1. The van der Waals surface area contributed by atoms with Crippen LogP contribution >= 0.6 is 0 Å². The second-order valence-corrected chi connectivity index (χ2v) is 3.02. The second-order valence-electron chi connectivity index (χ2n) is 3.02. The Labute approximate surface area is 78.5 Å². The van der Waals surface area contributed by atoms with E-state index in [0.717, 1.165) is 0 Å². The van der Waals surface area contributed by atoms with Crippen molar-refractivity contribution in [3.63, 3.8) is 0 Å². The Kier molecular flexibility index (Phi) is 2.02. The molecule has 1 aliphatic heterocycles. The number of halogens is 3. The van der Waals surface area contributed by atoms with E-state index in [1.54, 1.807) is 6.07 Å². The molecular formula is C9H7F3N2. The molecule has 1 aromatic rings. The van der Waals surface area contributed by atoms with Crippen molar-refractivity contribution in [1.29, 1.82) is 0 Å². The Morgan fingerprint density at radius 2 is 2.07 bits per heavy atom. The van der Waals surface area contributed by atoms with Crippen LogP contribution in [0.1, 0.15) is 16.8 Å². The van der Waals surface area contributed by atoms with E-state index in [2.05, 4.69) is 9.98 Å². The third kappa shape index (κ3) is 1.49. The molecule has 1 aromatic heterocycles. The number of alkyl halides is 3. The lowest BCUT2D eigenvalue weighted by Crippen LogP contribution is -2.15. The van der Waals surface area contributed by atoms with E-state index in [4.69, 9.17) is 0 Å². The number of pyridine rings is 1. The molecule has 0 atom stereocenters. The van der Waals surface area contributed by atoms with Gasteiger partial charge in [0.25, 0.3) is 0 Å². The molecule has 0 amide bonds. The zero-order valence-corrected chi connectivity index (χ0v) is 7.17. The van der Waals surface area contributed by atoms with Gasteiger partial charge in [-0.15, -0.1) is 0 Å². The molecule has 0 spiro atoms. The molecule has 0 radical (unpaired) electrons. The molecule has 2 nitrogen and oxygen atoms in total. The van der Waals surface area contributed by atoms with Gasteiger partial charge in [-0.3, -0.25) is 9.98 Å². The summed E-state index contributed by atoms with van der Waals surface area (Å²) >= 11 is 0. The zero-order valence-electron chi connectivity index (χ0n) is 7.17. The zero-order chi connectivity index (χ0) is 10.2. The van der Waals surface area contributed by atoms with Crippen molar-refractivity contribution in [1.82, 2.24) is 4.98 Å². The molecule has 2 rings (SSSR count). The highest BCUT2D eigenvalue weighted by Gasteiger charge is 2.36. The predicted octanol–water partition coefficient (Wildman–Crippen LogP) is 2.23. The lowest BCUT2D eigenvalue weighted by Gasteiger charge is -2.15. The average Bonchev–Trinajstić information content (AvgIpc) is 2.15. The summed E-state index contributed by atoms with van der Waals surface area (Å²) in [5, 5.41) is 0. The fraction of sp³-hybridized carbons (Fsp3) is 0.333. The first-order valence-corrected chi connectivity index (χ1v) is 4.11. The van der Waals surface area contributed by atoms with Crippen molar-refractivity contribution in [2.75, 3.05) is 0 Å². The van der Waals surface area contributed by atoms with E-state index in [0.29, 0.717) is 12.1 Å². The van der Waals surface area contributed by atoms with Gasteiger partial charge in [0.2, 0.25) is 0 Å². The van der Waals surface area contributed by atoms with E-state index in [1.807, 2.05) is 0 Å². The van der Waals surface area contributed by atoms with Gasteiger partial charge in [0, 0.05) is 18.8 Å². The highest BCUT2D eigenvalue weighted by molar-refractivity contribution is 5.65. The van der Waals surface area contributed by atoms with Crippen LogP contribution in [0.15, 0.2) is 17.3 Å². The van der Waals surface area contributed by atoms with Gasteiger partial charge >= 0.3 is 6.18 Å². The molecule has 0 fully saturated rings. The van der Waals surface area contributed by atoms with E-state index in [9.17, 15) is 13.2 Å². The van der Waals surface area contributed by atoms with Crippen LogP contribution in [0.3, 0.4) is 0 Å². The van der Waals surface area contributed by atoms with Crippen molar-refractivity contribution in [2.45, 2.75) is 19.1 Å². The molecule has 0 aromatic carbocycles. The third-order valence-corrected chi connectivity index (χ3v) is 2.11. The maximum atomic E-state index is 12.5. The smallest absolute Gasteiger partial charge is 0.292 e. The van der Waals surface area contributed by atoms with Crippen LogP contribution in [-0.4, -0.2) is 11.2 Å². The Morgan fingerprint density at radius 1 is 1.29 bits per heavy atom. The Hall–Kier alpha value is -1.39. The Bertz CT molecular complexity index is 382. The van der Waals surface area contributed by atoms with Gasteiger partial charge in [0.15, 0.2) is 0 Å². The van der Waals surface area contributed by atoms with E-state index < -0.39 is 11.9 Å². The maximum Gasteiger partial charge on any atom is 0.433 e. The van der Waals surface area contributed by atoms with Gasteiger partial charge in [-0.05, 0) is 17.2 Å². The summed E-state index contributed by atoms with van der Waals surface area (Å²) in [4.78, 5) is 7.30. The minimum Gasteiger partial charge on any atom is -0.292 e. The predicted molar refractivity (Wildman–Crippen MR) is 45.1 cm³/mol. The SMILES string of the molecule is FC(F)(F)c1nccc2c1CC=NC2. The molecule has 0 saturated heterocycles. The largest absolute Gasteiger partial charge is 0.433 e. The summed E-state index contributed by atoms with van der Waals surface area (Å²) in [5.41, 5.74) is 0.103. The van der Waals surface area contributed by atoms with E-state index >= 15 is 0 Å². The molecule has 0 bridgehead atoms. The third-order valence-electron chi connectivity index (χ3n) is 2.11. The molecule has 74 valence electrons. The van der Waals surface area contributed by atoms with Gasteiger partial charge < -0.3 is 0 Å². The quantitative estimate of drug-likeness (QED) is 0.630. The Balaban J connectivity index is 2.54. The minimum absolute atomic E-state index is 0.220. The van der Waals surface area contributed by atoms with Crippen LogP contribution in [0.2, 0.25) is 0 Å². The lowest BCUT2D eigenvalue weighted by molar-refractivity contribution is -0.141. The molecule has 14 heavy (non-hydrogen) atoms. The molecule has 5 heteroatoms. The van der Waals surface area contributed by atoms with Crippen molar-refractivity contribution in [2.24, 2.45) is 4.99 Å². The summed E-state index contributed by atoms with van der Waals surface area (Å²) in [6, 6.07) is 1.58. The fourth-order valence-electron chi connectivity index (χ4n) is 1.47. The first-order chi connectivity index (χ1) is 6.59. The molecule has 1 aliphatic rings. The van der Waals surface area contributed by atoms with E-state index in [-0.39, 0.29) is 12.0 Å². The van der Waals surface area contributed by atoms with Crippen molar-refractivity contribution in [3.05, 3.63) is 29.1 Å². The van der Waals surface area contributed by atoms with Crippen molar-refractivity contribution >= 4 is 6.21 Å². The molecule has 0 aliphatic carbocycles. The Morgan fingerprint density at radius 3 is 2.79 bits per heavy atom. The number of fused-ring (bicyclic) bond motifs is 1. The van der Waals surface area contributed by atoms with Gasteiger partial charge in [-0.1, -0.05) is 0 Å². The molecule has 2 heterocycles. The molecule has 0 saturated carbocycles. The van der Waals surface area contributed by atoms with Crippen molar-refractivity contribution < 1.29 is 13.2 Å². The van der Waals surface area contributed by atoms with Crippen LogP contribution in [0, 0.1) is 0 Å². The van der Waals surface area contributed by atoms with Crippen molar-refractivity contribution in [3.8, 4) is 0 Å². The number of hydrogen-bond donors (Lipinski definition) is 0. The maximum absolute atomic E-state index is 12.5.